The number of hydrogen-bond acceptors (Lipinski definition) is 6. The molecule has 0 atom stereocenters. The van der Waals surface area contributed by atoms with Crippen molar-refractivity contribution in [3.05, 3.63) is 29.6 Å². The molecule has 7 nitrogen and oxygen atoms in total. The molecule has 2 fully saturated rings. The fourth-order valence-electron chi connectivity index (χ4n) is 4.53. The van der Waals surface area contributed by atoms with E-state index in [-0.39, 0.29) is 12.5 Å². The average Bonchev–Trinajstić information content (AvgIpc) is 3.26. The number of carbonyl (C=O) groups excluding carboxylic acids is 2. The van der Waals surface area contributed by atoms with Crippen LogP contribution in [0.15, 0.2) is 29.6 Å². The molecule has 0 radical (unpaired) electrons. The minimum Gasteiger partial charge on any atom is -0.444 e. The van der Waals surface area contributed by atoms with Gasteiger partial charge in [0.25, 0.3) is 0 Å². The third-order valence-corrected chi connectivity index (χ3v) is 7.19. The standard InChI is InChI=1S/C25H36N4O3S/c1-25(2,3)32-24(31)29-17-16-28(23(30)19-29)11-5-4-10-26-12-14-27(15-13-26)21-7-6-8-22-20(21)9-18-33-22/h6-9,18H,4-5,10-17,19H2,1-3H3. The number of ether oxygens (including phenoxy) is 1. The number of nitrogens with zero attached hydrogens (tertiary/aromatic N) is 4. The number of carbonyl (C=O) groups is 2. The van der Waals surface area contributed by atoms with Crippen molar-refractivity contribution in [3.8, 4) is 0 Å². The molecule has 2 aliphatic heterocycles. The van der Waals surface area contributed by atoms with Gasteiger partial charge in [0.1, 0.15) is 12.1 Å². The van der Waals surface area contributed by atoms with Gasteiger partial charge < -0.3 is 14.5 Å². The van der Waals surface area contributed by atoms with Crippen LogP contribution < -0.4 is 4.90 Å². The van der Waals surface area contributed by atoms with Crippen molar-refractivity contribution < 1.29 is 14.3 Å². The van der Waals surface area contributed by atoms with Crippen molar-refractivity contribution in [3.63, 3.8) is 0 Å². The third kappa shape index (κ3) is 6.18. The maximum absolute atomic E-state index is 12.5. The lowest BCUT2D eigenvalue weighted by Crippen LogP contribution is -2.53. The van der Waals surface area contributed by atoms with Gasteiger partial charge in [-0.05, 0) is 63.7 Å². The lowest BCUT2D eigenvalue weighted by atomic mass is 10.1. The summed E-state index contributed by atoms with van der Waals surface area (Å²) in [4.78, 5) is 33.1. The smallest absolute Gasteiger partial charge is 0.410 e. The number of piperazine rings is 2. The van der Waals surface area contributed by atoms with Crippen molar-refractivity contribution in [2.75, 3.05) is 63.8 Å². The highest BCUT2D eigenvalue weighted by Gasteiger charge is 2.30. The molecule has 180 valence electrons. The van der Waals surface area contributed by atoms with Crippen LogP contribution in [0.3, 0.4) is 0 Å². The minimum absolute atomic E-state index is 0.0170. The number of fused-ring (bicyclic) bond motifs is 1. The van der Waals surface area contributed by atoms with Gasteiger partial charge in [-0.15, -0.1) is 11.3 Å². The van der Waals surface area contributed by atoms with E-state index in [4.69, 9.17) is 4.74 Å². The summed E-state index contributed by atoms with van der Waals surface area (Å²) < 4.78 is 6.74. The Morgan fingerprint density at radius 1 is 1.00 bits per heavy atom. The Morgan fingerprint density at radius 3 is 2.48 bits per heavy atom. The number of rotatable bonds is 6. The maximum Gasteiger partial charge on any atom is 0.410 e. The highest BCUT2D eigenvalue weighted by molar-refractivity contribution is 7.17. The zero-order chi connectivity index (χ0) is 23.4. The number of thiophene rings is 1. The van der Waals surface area contributed by atoms with E-state index in [9.17, 15) is 9.59 Å². The van der Waals surface area contributed by atoms with Gasteiger partial charge in [0.2, 0.25) is 5.91 Å². The van der Waals surface area contributed by atoms with Gasteiger partial charge in [0, 0.05) is 61.6 Å². The molecule has 1 aromatic heterocycles. The monoisotopic (exact) mass is 472 g/mol. The lowest BCUT2D eigenvalue weighted by Gasteiger charge is -2.37. The molecular formula is C25H36N4O3S. The van der Waals surface area contributed by atoms with Crippen molar-refractivity contribution in [1.82, 2.24) is 14.7 Å². The summed E-state index contributed by atoms with van der Waals surface area (Å²) in [6.45, 7) is 12.9. The molecule has 1 aromatic carbocycles. The van der Waals surface area contributed by atoms with Gasteiger partial charge in [-0.2, -0.15) is 0 Å². The molecule has 2 saturated heterocycles. The zero-order valence-electron chi connectivity index (χ0n) is 20.1. The predicted molar refractivity (Wildman–Crippen MR) is 134 cm³/mol. The number of amides is 2. The summed E-state index contributed by atoms with van der Waals surface area (Å²) in [5.74, 6) is 0.0170. The summed E-state index contributed by atoms with van der Waals surface area (Å²) in [5, 5.41) is 3.54. The largest absolute Gasteiger partial charge is 0.444 e. The molecule has 2 amide bonds. The molecule has 4 rings (SSSR count). The van der Waals surface area contributed by atoms with E-state index < -0.39 is 11.7 Å². The second kappa shape index (κ2) is 10.3. The van der Waals surface area contributed by atoms with Gasteiger partial charge in [0.15, 0.2) is 0 Å². The molecule has 3 heterocycles. The highest BCUT2D eigenvalue weighted by atomic mass is 32.1. The molecule has 33 heavy (non-hydrogen) atoms. The molecule has 0 aliphatic carbocycles. The van der Waals surface area contributed by atoms with Gasteiger partial charge in [0.05, 0.1) is 0 Å². The Bertz CT molecular complexity index is 962. The third-order valence-electron chi connectivity index (χ3n) is 6.31. The van der Waals surface area contributed by atoms with E-state index in [1.807, 2.05) is 25.7 Å². The number of unbranched alkanes of at least 4 members (excludes halogenated alkanes) is 1. The summed E-state index contributed by atoms with van der Waals surface area (Å²) in [5.41, 5.74) is 0.817. The first kappa shape index (κ1) is 23.8. The van der Waals surface area contributed by atoms with Gasteiger partial charge in [-0.1, -0.05) is 6.07 Å². The predicted octanol–water partition coefficient (Wildman–Crippen LogP) is 3.88. The number of hydrogen-bond donors (Lipinski definition) is 0. The first-order chi connectivity index (χ1) is 15.8. The number of anilines is 1. The average molecular weight is 473 g/mol. The van der Waals surface area contributed by atoms with Crippen LogP contribution >= 0.6 is 11.3 Å². The summed E-state index contributed by atoms with van der Waals surface area (Å²) in [7, 11) is 0. The van der Waals surface area contributed by atoms with Crippen molar-refractivity contribution >= 4 is 39.1 Å². The quantitative estimate of drug-likeness (QED) is 0.597. The van der Waals surface area contributed by atoms with Crippen LogP contribution in [0.2, 0.25) is 0 Å². The molecule has 8 heteroatoms. The normalized spacial score (nSPS) is 18.3. The van der Waals surface area contributed by atoms with E-state index >= 15 is 0 Å². The van der Waals surface area contributed by atoms with Crippen molar-refractivity contribution in [2.45, 2.75) is 39.2 Å². The Hall–Kier alpha value is -2.32. The Morgan fingerprint density at radius 2 is 1.76 bits per heavy atom. The summed E-state index contributed by atoms with van der Waals surface area (Å²) >= 11 is 1.80. The zero-order valence-corrected chi connectivity index (χ0v) is 20.9. The molecular weight excluding hydrogens is 436 g/mol. The number of benzene rings is 1. The van der Waals surface area contributed by atoms with E-state index in [0.717, 1.165) is 52.1 Å². The molecule has 2 aliphatic rings. The molecule has 0 unspecified atom stereocenters. The molecule has 2 aromatic rings. The summed E-state index contributed by atoms with van der Waals surface area (Å²) in [6, 6.07) is 8.83. The van der Waals surface area contributed by atoms with Crippen molar-refractivity contribution in [2.24, 2.45) is 0 Å². The summed E-state index contributed by atoms with van der Waals surface area (Å²) in [6.07, 6.45) is 1.68. The molecule has 0 spiro atoms. The fraction of sp³-hybridized carbons (Fsp3) is 0.600. The highest BCUT2D eigenvalue weighted by Crippen LogP contribution is 2.31. The van der Waals surface area contributed by atoms with E-state index in [1.54, 1.807) is 11.3 Å². The second-order valence-electron chi connectivity index (χ2n) is 9.93. The molecule has 0 N–H and O–H groups in total. The van der Waals surface area contributed by atoms with E-state index in [2.05, 4.69) is 39.4 Å². The van der Waals surface area contributed by atoms with Crippen LogP contribution in [-0.2, 0) is 9.53 Å². The van der Waals surface area contributed by atoms with Gasteiger partial charge in [-0.25, -0.2) is 4.79 Å². The van der Waals surface area contributed by atoms with Crippen molar-refractivity contribution in [1.29, 1.82) is 0 Å². The van der Waals surface area contributed by atoms with Crippen LogP contribution in [0.4, 0.5) is 10.5 Å². The van der Waals surface area contributed by atoms with Gasteiger partial charge in [-0.3, -0.25) is 14.6 Å². The minimum atomic E-state index is -0.542. The van der Waals surface area contributed by atoms with E-state index in [0.29, 0.717) is 13.1 Å². The fourth-order valence-corrected chi connectivity index (χ4v) is 5.34. The van der Waals surface area contributed by atoms with E-state index in [1.165, 1.54) is 20.7 Å². The SMILES string of the molecule is CC(C)(C)OC(=O)N1CCN(CCCCN2CCN(c3cccc4sccc34)CC2)C(=O)C1. The molecule has 0 saturated carbocycles. The first-order valence-electron chi connectivity index (χ1n) is 12.0. The van der Waals surface area contributed by atoms with Crippen LogP contribution in [0.1, 0.15) is 33.6 Å². The maximum atomic E-state index is 12.5. The Kier molecular flexibility index (Phi) is 7.44. The topological polar surface area (TPSA) is 56.3 Å². The van der Waals surface area contributed by atoms with Crippen LogP contribution in [-0.4, -0.2) is 91.2 Å². The Balaban J connectivity index is 1.14. The Labute approximate surface area is 200 Å². The van der Waals surface area contributed by atoms with Gasteiger partial charge >= 0.3 is 6.09 Å². The second-order valence-corrected chi connectivity index (χ2v) is 10.9. The van der Waals surface area contributed by atoms with Crippen LogP contribution in [0, 0.1) is 0 Å². The first-order valence-corrected chi connectivity index (χ1v) is 12.9. The lowest BCUT2D eigenvalue weighted by molar-refractivity contribution is -0.135. The van der Waals surface area contributed by atoms with Crippen LogP contribution in [0.25, 0.3) is 10.1 Å². The van der Waals surface area contributed by atoms with Crippen LogP contribution in [0.5, 0.6) is 0 Å². The molecule has 0 bridgehead atoms.